The molecule has 0 bridgehead atoms. The minimum atomic E-state index is -0.514. The Morgan fingerprint density at radius 3 is 2.92 bits per heavy atom. The number of H-pyrrole nitrogens is 1. The molecule has 0 spiro atoms. The molecule has 2 atom stereocenters. The van der Waals surface area contributed by atoms with Crippen LogP contribution in [0.1, 0.15) is 28.2 Å². The van der Waals surface area contributed by atoms with Crippen molar-refractivity contribution in [1.29, 1.82) is 0 Å². The molecular formula is C26H27ClN6O3. The molecule has 5 rings (SSSR count). The number of methoxy groups -OCH3 is 1. The van der Waals surface area contributed by atoms with Crippen molar-refractivity contribution in [2.24, 2.45) is 11.8 Å². The number of pyridine rings is 1. The third-order valence-corrected chi connectivity index (χ3v) is 6.84. The summed E-state index contributed by atoms with van der Waals surface area (Å²) in [7, 11) is 1.51. The van der Waals surface area contributed by atoms with E-state index in [1.54, 1.807) is 18.3 Å². The van der Waals surface area contributed by atoms with E-state index in [4.69, 9.17) is 16.3 Å². The number of hydrogen-bond donors (Lipinski definition) is 3. The molecule has 186 valence electrons. The molecule has 36 heavy (non-hydrogen) atoms. The third-order valence-electron chi connectivity index (χ3n) is 6.55. The number of amides is 1. The van der Waals surface area contributed by atoms with Crippen LogP contribution < -0.4 is 15.4 Å². The summed E-state index contributed by atoms with van der Waals surface area (Å²) < 4.78 is 6.68. The highest BCUT2D eigenvalue weighted by Gasteiger charge is 2.37. The molecule has 1 aromatic carbocycles. The van der Waals surface area contributed by atoms with Crippen LogP contribution in [0.4, 0.5) is 0 Å². The lowest BCUT2D eigenvalue weighted by Gasteiger charge is -2.29. The van der Waals surface area contributed by atoms with Crippen molar-refractivity contribution in [3.8, 4) is 11.6 Å². The number of carbonyl (C=O) groups is 2. The number of halogens is 1. The van der Waals surface area contributed by atoms with Crippen LogP contribution in [0, 0.1) is 18.8 Å². The van der Waals surface area contributed by atoms with E-state index in [-0.39, 0.29) is 17.4 Å². The van der Waals surface area contributed by atoms with Gasteiger partial charge < -0.3 is 20.4 Å². The Morgan fingerprint density at radius 2 is 2.08 bits per heavy atom. The minimum absolute atomic E-state index is 0.124. The highest BCUT2D eigenvalue weighted by atomic mass is 35.5. The van der Waals surface area contributed by atoms with Gasteiger partial charge in [-0.05, 0) is 55.1 Å². The molecular weight excluding hydrogens is 480 g/mol. The maximum atomic E-state index is 13.4. The van der Waals surface area contributed by atoms with Gasteiger partial charge in [-0.25, -0.2) is 9.67 Å². The van der Waals surface area contributed by atoms with E-state index in [9.17, 15) is 9.59 Å². The van der Waals surface area contributed by atoms with Crippen LogP contribution in [0.3, 0.4) is 0 Å². The average Bonchev–Trinajstić information content (AvgIpc) is 3.53. The fourth-order valence-corrected chi connectivity index (χ4v) is 4.87. The smallest absolute Gasteiger partial charge is 0.224 e. The molecule has 0 radical (unpaired) electrons. The fourth-order valence-electron chi connectivity index (χ4n) is 4.68. The summed E-state index contributed by atoms with van der Waals surface area (Å²) in [6.07, 6.45) is 3.71. The van der Waals surface area contributed by atoms with Gasteiger partial charge in [-0.1, -0.05) is 17.7 Å². The lowest BCUT2D eigenvalue weighted by molar-refractivity contribution is -0.127. The normalized spacial score (nSPS) is 17.8. The number of benzene rings is 1. The van der Waals surface area contributed by atoms with E-state index in [0.717, 1.165) is 22.2 Å². The third kappa shape index (κ3) is 4.84. The molecule has 9 nitrogen and oxygen atoms in total. The number of aromatic nitrogens is 4. The van der Waals surface area contributed by atoms with Gasteiger partial charge in [-0.15, -0.1) is 0 Å². The average molecular weight is 507 g/mol. The van der Waals surface area contributed by atoms with Crippen molar-refractivity contribution in [3.05, 3.63) is 70.8 Å². The number of nitrogens with zero attached hydrogens (tertiary/aromatic N) is 3. The summed E-state index contributed by atoms with van der Waals surface area (Å²) in [6, 6.07) is 11.4. The second kappa shape index (κ2) is 10.1. The lowest BCUT2D eigenvalue weighted by Crippen LogP contribution is -2.47. The van der Waals surface area contributed by atoms with Crippen LogP contribution in [-0.4, -0.2) is 51.6 Å². The largest absolute Gasteiger partial charge is 0.481 e. The number of ketones is 1. The van der Waals surface area contributed by atoms with Crippen LogP contribution in [-0.2, 0) is 11.3 Å². The van der Waals surface area contributed by atoms with E-state index in [1.807, 2.05) is 19.1 Å². The molecule has 0 saturated carbocycles. The fraction of sp³-hybridized carbons (Fsp3) is 0.308. The first-order valence-electron chi connectivity index (χ1n) is 11.8. The molecule has 4 heterocycles. The number of carbonyl (C=O) groups excluding carboxylic acids is 2. The van der Waals surface area contributed by atoms with Crippen molar-refractivity contribution >= 4 is 34.2 Å². The molecule has 1 saturated heterocycles. The standard InChI is InChI=1S/C26H27ClN6O3/c1-15-9-17-10-16(3-4-21(17)31-15)12-30-26(35)18-5-7-28-13-19(18)25(34)22-6-8-33(32-22)23-11-24(36-2)29-14-20(23)27/h3-4,6,8-11,14,18-19,28,31H,5,7,12-13H2,1-2H3,(H,30,35). The van der Waals surface area contributed by atoms with Gasteiger partial charge in [0, 0.05) is 42.5 Å². The molecule has 1 amide bonds. The summed E-state index contributed by atoms with van der Waals surface area (Å²) in [5.41, 5.74) is 4.00. The van der Waals surface area contributed by atoms with Crippen LogP contribution in [0.5, 0.6) is 5.88 Å². The molecule has 1 aliphatic rings. The van der Waals surface area contributed by atoms with Gasteiger partial charge >= 0.3 is 0 Å². The summed E-state index contributed by atoms with van der Waals surface area (Å²) in [4.78, 5) is 34.0. The van der Waals surface area contributed by atoms with Crippen LogP contribution in [0.2, 0.25) is 5.02 Å². The van der Waals surface area contributed by atoms with Crippen molar-refractivity contribution < 1.29 is 14.3 Å². The van der Waals surface area contributed by atoms with Gasteiger partial charge in [0.05, 0.1) is 29.9 Å². The second-order valence-corrected chi connectivity index (χ2v) is 9.39. The zero-order valence-corrected chi connectivity index (χ0v) is 20.8. The van der Waals surface area contributed by atoms with E-state index in [0.29, 0.717) is 42.6 Å². The number of Topliss-reactive ketones (excluding diaryl/α,β-unsaturated/α-hetero) is 1. The summed E-state index contributed by atoms with van der Waals surface area (Å²) in [5.74, 6) is -0.869. The summed E-state index contributed by atoms with van der Waals surface area (Å²) in [5, 5.41) is 12.2. The van der Waals surface area contributed by atoms with Crippen molar-refractivity contribution in [1.82, 2.24) is 30.4 Å². The van der Waals surface area contributed by atoms with Crippen molar-refractivity contribution in [3.63, 3.8) is 0 Å². The summed E-state index contributed by atoms with van der Waals surface area (Å²) in [6.45, 7) is 3.52. The molecule has 1 fully saturated rings. The number of ether oxygens (including phenoxy) is 1. The van der Waals surface area contributed by atoms with Gasteiger partial charge in [0.1, 0.15) is 5.69 Å². The number of hydrogen-bond acceptors (Lipinski definition) is 6. The molecule has 2 unspecified atom stereocenters. The Kier molecular flexibility index (Phi) is 6.75. The maximum Gasteiger partial charge on any atom is 0.224 e. The van der Waals surface area contributed by atoms with E-state index < -0.39 is 11.8 Å². The first-order valence-corrected chi connectivity index (χ1v) is 12.2. The Morgan fingerprint density at radius 1 is 1.22 bits per heavy atom. The highest BCUT2D eigenvalue weighted by Crippen LogP contribution is 2.26. The van der Waals surface area contributed by atoms with Crippen LogP contribution in [0.25, 0.3) is 16.6 Å². The van der Waals surface area contributed by atoms with Gasteiger partial charge in [0.25, 0.3) is 0 Å². The number of nitrogens with one attached hydrogen (secondary N) is 3. The molecule has 0 aliphatic carbocycles. The second-order valence-electron chi connectivity index (χ2n) is 8.99. The monoisotopic (exact) mass is 506 g/mol. The molecule has 1 aliphatic heterocycles. The highest BCUT2D eigenvalue weighted by molar-refractivity contribution is 6.32. The molecule has 3 N–H and O–H groups in total. The lowest BCUT2D eigenvalue weighted by atomic mass is 9.82. The topological polar surface area (TPSA) is 114 Å². The SMILES string of the molecule is COc1cc(-n2ccc(C(=O)C3CNCCC3C(=O)NCc3ccc4[nH]c(C)cc4c3)n2)c(Cl)cn1. The molecule has 10 heteroatoms. The zero-order chi connectivity index (χ0) is 25.2. The van der Waals surface area contributed by atoms with E-state index in [1.165, 1.54) is 18.0 Å². The number of aromatic amines is 1. The van der Waals surface area contributed by atoms with Crippen molar-refractivity contribution in [2.45, 2.75) is 19.9 Å². The molecule has 3 aromatic heterocycles. The van der Waals surface area contributed by atoms with Gasteiger partial charge in [-0.3, -0.25) is 9.59 Å². The van der Waals surface area contributed by atoms with Gasteiger partial charge in [0.2, 0.25) is 11.8 Å². The Labute approximate surface area is 213 Å². The van der Waals surface area contributed by atoms with Gasteiger partial charge in [0.15, 0.2) is 5.78 Å². The van der Waals surface area contributed by atoms with Crippen LogP contribution in [0.15, 0.2) is 48.8 Å². The number of aryl methyl sites for hydroxylation is 1. The Hall–Kier alpha value is -3.69. The maximum absolute atomic E-state index is 13.4. The van der Waals surface area contributed by atoms with E-state index >= 15 is 0 Å². The number of rotatable bonds is 7. The number of piperidine rings is 1. The molecule has 4 aromatic rings. The quantitative estimate of drug-likeness (QED) is 0.331. The zero-order valence-electron chi connectivity index (χ0n) is 20.0. The van der Waals surface area contributed by atoms with E-state index in [2.05, 4.69) is 37.8 Å². The van der Waals surface area contributed by atoms with Crippen molar-refractivity contribution in [2.75, 3.05) is 20.2 Å². The first-order chi connectivity index (χ1) is 17.4. The number of fused-ring (bicyclic) bond motifs is 1. The predicted octanol–water partition coefficient (Wildman–Crippen LogP) is 3.44. The Balaban J connectivity index is 1.29. The summed E-state index contributed by atoms with van der Waals surface area (Å²) >= 11 is 6.28. The minimum Gasteiger partial charge on any atom is -0.481 e. The van der Waals surface area contributed by atoms with Crippen LogP contribution >= 0.6 is 11.6 Å². The first kappa shape index (κ1) is 24.0. The van der Waals surface area contributed by atoms with Gasteiger partial charge in [-0.2, -0.15) is 5.10 Å². The predicted molar refractivity (Wildman–Crippen MR) is 137 cm³/mol. The Bertz CT molecular complexity index is 1430.